The van der Waals surface area contributed by atoms with E-state index in [-0.39, 0.29) is 18.1 Å². The molecular formula is C21H25F2NO3. The first-order chi connectivity index (χ1) is 13.1. The van der Waals surface area contributed by atoms with Crippen LogP contribution in [0.15, 0.2) is 48.5 Å². The Kier molecular flexibility index (Phi) is 8.55. The summed E-state index contributed by atoms with van der Waals surface area (Å²) in [5.74, 6) is 0.823. The number of rotatable bonds is 11. The molecule has 1 N–H and O–H groups in total. The second kappa shape index (κ2) is 11.2. The lowest BCUT2D eigenvalue weighted by Crippen LogP contribution is -2.27. The molecule has 2 aromatic rings. The molecule has 0 aliphatic carbocycles. The van der Waals surface area contributed by atoms with Crippen molar-refractivity contribution in [3.05, 3.63) is 59.7 Å². The maximum absolute atomic E-state index is 12.1. The molecule has 2 aromatic carbocycles. The molecule has 0 fully saturated rings. The highest BCUT2D eigenvalue weighted by Crippen LogP contribution is 2.15. The van der Waals surface area contributed by atoms with Crippen LogP contribution in [0.2, 0.25) is 0 Å². The van der Waals surface area contributed by atoms with Gasteiger partial charge in [0, 0.05) is 6.54 Å². The topological polar surface area (TPSA) is 47.6 Å². The number of unbranched alkanes of at least 4 members (excludes halogenated alkanes) is 1. The Hall–Kier alpha value is -2.63. The van der Waals surface area contributed by atoms with Crippen molar-refractivity contribution in [2.24, 2.45) is 0 Å². The van der Waals surface area contributed by atoms with E-state index in [0.29, 0.717) is 6.54 Å². The number of halogens is 2. The normalized spacial score (nSPS) is 10.7. The van der Waals surface area contributed by atoms with Crippen LogP contribution in [0.4, 0.5) is 8.78 Å². The maximum Gasteiger partial charge on any atom is 0.387 e. The number of amides is 1. The first kappa shape index (κ1) is 20.7. The summed E-state index contributed by atoms with van der Waals surface area (Å²) in [6, 6.07) is 13.9. The predicted molar refractivity (Wildman–Crippen MR) is 100 cm³/mol. The molecule has 2 rings (SSSR count). The molecule has 1 amide bonds. The highest BCUT2D eigenvalue weighted by atomic mass is 19.3. The minimum atomic E-state index is -2.85. The number of ether oxygens (including phenoxy) is 2. The highest BCUT2D eigenvalue weighted by Gasteiger charge is 2.06. The van der Waals surface area contributed by atoms with Gasteiger partial charge in [-0.15, -0.1) is 0 Å². The smallest absolute Gasteiger partial charge is 0.387 e. The molecule has 0 aliphatic heterocycles. The minimum Gasteiger partial charge on any atom is -0.494 e. The van der Waals surface area contributed by atoms with Crippen molar-refractivity contribution < 1.29 is 23.0 Å². The van der Waals surface area contributed by atoms with Crippen LogP contribution in [-0.2, 0) is 17.6 Å². The molecule has 0 spiro atoms. The van der Waals surface area contributed by atoms with E-state index in [1.165, 1.54) is 12.1 Å². The number of alkyl halides is 2. The van der Waals surface area contributed by atoms with Gasteiger partial charge >= 0.3 is 6.61 Å². The molecule has 6 heteroatoms. The van der Waals surface area contributed by atoms with E-state index < -0.39 is 6.61 Å². The Morgan fingerprint density at radius 3 is 2.26 bits per heavy atom. The van der Waals surface area contributed by atoms with Gasteiger partial charge in [-0.3, -0.25) is 4.79 Å². The van der Waals surface area contributed by atoms with Crippen LogP contribution in [0.5, 0.6) is 11.5 Å². The number of nitrogens with one attached hydrogen (secondary N) is 1. The van der Waals surface area contributed by atoms with Gasteiger partial charge in [0.1, 0.15) is 11.5 Å². The lowest BCUT2D eigenvalue weighted by atomic mass is 10.1. The van der Waals surface area contributed by atoms with E-state index in [1.807, 2.05) is 24.3 Å². The number of carbonyl (C=O) groups is 1. The molecule has 0 bridgehead atoms. The van der Waals surface area contributed by atoms with Crippen LogP contribution in [0, 0.1) is 0 Å². The Bertz CT molecular complexity index is 688. The summed E-state index contributed by atoms with van der Waals surface area (Å²) in [5, 5.41) is 2.86. The van der Waals surface area contributed by atoms with E-state index in [2.05, 4.69) is 17.0 Å². The van der Waals surface area contributed by atoms with Crippen molar-refractivity contribution >= 4 is 5.91 Å². The van der Waals surface area contributed by atoms with Crippen molar-refractivity contribution in [2.45, 2.75) is 39.2 Å². The van der Waals surface area contributed by atoms with Gasteiger partial charge in [-0.05, 0) is 48.2 Å². The molecule has 146 valence electrons. The summed E-state index contributed by atoms with van der Waals surface area (Å²) < 4.78 is 34.1. The second-order valence-electron chi connectivity index (χ2n) is 6.15. The zero-order chi connectivity index (χ0) is 19.5. The third-order valence-electron chi connectivity index (χ3n) is 3.94. The van der Waals surface area contributed by atoms with Crippen molar-refractivity contribution in [3.63, 3.8) is 0 Å². The van der Waals surface area contributed by atoms with E-state index in [9.17, 15) is 13.6 Å². The quantitative estimate of drug-likeness (QED) is 0.592. The Balaban J connectivity index is 1.69. The summed E-state index contributed by atoms with van der Waals surface area (Å²) in [7, 11) is 0. The highest BCUT2D eigenvalue weighted by molar-refractivity contribution is 5.78. The Morgan fingerprint density at radius 2 is 1.63 bits per heavy atom. The van der Waals surface area contributed by atoms with E-state index in [0.717, 1.165) is 42.7 Å². The van der Waals surface area contributed by atoms with Crippen LogP contribution in [-0.4, -0.2) is 25.7 Å². The lowest BCUT2D eigenvalue weighted by molar-refractivity contribution is -0.120. The van der Waals surface area contributed by atoms with Crippen LogP contribution in [0.25, 0.3) is 0 Å². The molecule has 27 heavy (non-hydrogen) atoms. The Labute approximate surface area is 158 Å². The summed E-state index contributed by atoms with van der Waals surface area (Å²) >= 11 is 0. The van der Waals surface area contributed by atoms with Gasteiger partial charge in [-0.1, -0.05) is 37.6 Å². The van der Waals surface area contributed by atoms with Crippen LogP contribution < -0.4 is 14.8 Å². The van der Waals surface area contributed by atoms with Gasteiger partial charge in [-0.2, -0.15) is 8.78 Å². The van der Waals surface area contributed by atoms with Gasteiger partial charge in [0.25, 0.3) is 0 Å². The molecule has 0 saturated heterocycles. The predicted octanol–water partition coefficient (Wildman–Crippen LogP) is 4.37. The number of carbonyl (C=O) groups excluding carboxylic acids is 1. The second-order valence-corrected chi connectivity index (χ2v) is 6.15. The number of hydrogen-bond donors (Lipinski definition) is 1. The van der Waals surface area contributed by atoms with Crippen LogP contribution in [0.1, 0.15) is 30.9 Å². The van der Waals surface area contributed by atoms with E-state index in [4.69, 9.17) is 4.74 Å². The molecular weight excluding hydrogens is 352 g/mol. The maximum atomic E-state index is 12.1. The fraction of sp³-hybridized carbons (Fsp3) is 0.381. The molecule has 0 unspecified atom stereocenters. The van der Waals surface area contributed by atoms with Crippen molar-refractivity contribution in [1.82, 2.24) is 5.32 Å². The molecule has 0 saturated carbocycles. The van der Waals surface area contributed by atoms with E-state index in [1.54, 1.807) is 12.1 Å². The van der Waals surface area contributed by atoms with Gasteiger partial charge in [0.2, 0.25) is 5.91 Å². The average Bonchev–Trinajstić information content (AvgIpc) is 2.64. The fourth-order valence-corrected chi connectivity index (χ4v) is 2.47. The van der Waals surface area contributed by atoms with Crippen LogP contribution >= 0.6 is 0 Å². The molecule has 0 aliphatic rings. The van der Waals surface area contributed by atoms with Gasteiger partial charge in [0.05, 0.1) is 13.0 Å². The van der Waals surface area contributed by atoms with Crippen molar-refractivity contribution in [2.75, 3.05) is 13.2 Å². The summed E-state index contributed by atoms with van der Waals surface area (Å²) in [5.41, 5.74) is 1.86. The van der Waals surface area contributed by atoms with Gasteiger partial charge in [0.15, 0.2) is 0 Å². The van der Waals surface area contributed by atoms with Crippen LogP contribution in [0.3, 0.4) is 0 Å². The van der Waals surface area contributed by atoms with Gasteiger partial charge in [-0.25, -0.2) is 0 Å². The molecule has 0 atom stereocenters. The third-order valence-corrected chi connectivity index (χ3v) is 3.94. The first-order valence-electron chi connectivity index (χ1n) is 9.09. The minimum absolute atomic E-state index is 0.0799. The lowest BCUT2D eigenvalue weighted by Gasteiger charge is -2.08. The van der Waals surface area contributed by atoms with Gasteiger partial charge < -0.3 is 14.8 Å². The summed E-state index contributed by atoms with van der Waals surface area (Å²) in [6.07, 6.45) is 3.06. The zero-order valence-electron chi connectivity index (χ0n) is 15.4. The first-order valence-corrected chi connectivity index (χ1v) is 9.09. The molecule has 4 nitrogen and oxygen atoms in total. The summed E-state index contributed by atoms with van der Waals surface area (Å²) in [4.78, 5) is 12.0. The van der Waals surface area contributed by atoms with Crippen molar-refractivity contribution in [3.8, 4) is 11.5 Å². The van der Waals surface area contributed by atoms with Crippen molar-refractivity contribution in [1.29, 1.82) is 0 Å². The summed E-state index contributed by atoms with van der Waals surface area (Å²) in [6.45, 7) is 0.524. The molecule has 0 radical (unpaired) electrons. The fourth-order valence-electron chi connectivity index (χ4n) is 2.47. The number of hydrogen-bond acceptors (Lipinski definition) is 3. The zero-order valence-corrected chi connectivity index (χ0v) is 15.4. The number of benzene rings is 2. The van der Waals surface area contributed by atoms with E-state index >= 15 is 0 Å². The Morgan fingerprint density at radius 1 is 1.00 bits per heavy atom. The third kappa shape index (κ3) is 8.07. The SMILES string of the molecule is CCCCOc1ccc(CCNC(=O)Cc2ccc(OC(F)F)cc2)cc1. The monoisotopic (exact) mass is 377 g/mol. The average molecular weight is 377 g/mol. The molecule has 0 aromatic heterocycles. The standard InChI is InChI=1S/C21H25F2NO3/c1-2-3-14-26-18-8-4-16(5-9-18)12-13-24-20(25)15-17-6-10-19(11-7-17)27-21(22)23/h4-11,21H,2-3,12-15H2,1H3,(H,24,25). The molecule has 0 heterocycles. The largest absolute Gasteiger partial charge is 0.494 e.